The van der Waals surface area contributed by atoms with Gasteiger partial charge in [-0.1, -0.05) is 18.2 Å². The van der Waals surface area contributed by atoms with Crippen molar-refractivity contribution in [1.82, 2.24) is 10.2 Å². The van der Waals surface area contributed by atoms with Crippen LogP contribution in [0.25, 0.3) is 0 Å². The maximum atomic E-state index is 11.7. The van der Waals surface area contributed by atoms with Gasteiger partial charge < -0.3 is 15.0 Å². The number of ether oxygens (including phenoxy) is 1. The minimum atomic E-state index is -2.96. The van der Waals surface area contributed by atoms with Gasteiger partial charge in [0, 0.05) is 12.1 Å². The summed E-state index contributed by atoms with van der Waals surface area (Å²) < 4.78 is 28.8. The zero-order chi connectivity index (χ0) is 14.3. The van der Waals surface area contributed by atoms with Crippen molar-refractivity contribution in [2.75, 3.05) is 18.6 Å². The first kappa shape index (κ1) is 13.6. The van der Waals surface area contributed by atoms with Crippen molar-refractivity contribution in [2.45, 2.75) is 18.6 Å². The minimum absolute atomic E-state index is 0.0718. The monoisotopic (exact) mass is 312 g/mol. The molecule has 108 valence electrons. The molecule has 2 heterocycles. The normalized spacial score (nSPS) is 27.2. The number of thiocarbonyl (C=S) groups is 1. The van der Waals surface area contributed by atoms with Gasteiger partial charge in [-0.2, -0.15) is 0 Å². The summed E-state index contributed by atoms with van der Waals surface area (Å²) in [4.78, 5) is 1.96. The Hall–Kier alpha value is -1.34. The molecule has 0 aliphatic carbocycles. The van der Waals surface area contributed by atoms with Crippen molar-refractivity contribution >= 4 is 27.2 Å². The van der Waals surface area contributed by atoms with Crippen molar-refractivity contribution in [3.8, 4) is 5.75 Å². The molecule has 3 rings (SSSR count). The zero-order valence-corrected chi connectivity index (χ0v) is 12.7. The average molecular weight is 312 g/mol. The van der Waals surface area contributed by atoms with Crippen molar-refractivity contribution in [1.29, 1.82) is 0 Å². The fraction of sp³-hybridized carbons (Fsp3) is 0.462. The summed E-state index contributed by atoms with van der Waals surface area (Å²) in [6.07, 6.45) is 0. The van der Waals surface area contributed by atoms with Gasteiger partial charge in [-0.3, -0.25) is 0 Å². The molecule has 2 aliphatic heterocycles. The summed E-state index contributed by atoms with van der Waals surface area (Å²) in [5.41, 5.74) is 1.00. The topological polar surface area (TPSA) is 58.6 Å². The fourth-order valence-electron chi connectivity index (χ4n) is 2.87. The Bertz CT molecular complexity index is 645. The van der Waals surface area contributed by atoms with Crippen LogP contribution in [0.15, 0.2) is 24.3 Å². The van der Waals surface area contributed by atoms with E-state index in [1.807, 2.05) is 29.2 Å². The molecule has 2 aliphatic rings. The molecule has 0 saturated carbocycles. The number of nitrogens with one attached hydrogen (secondary N) is 1. The molecular weight excluding hydrogens is 296 g/mol. The third-order valence-electron chi connectivity index (χ3n) is 3.83. The lowest BCUT2D eigenvalue weighted by Gasteiger charge is -2.24. The summed E-state index contributed by atoms with van der Waals surface area (Å²) >= 11 is 5.33. The molecule has 1 N–H and O–H groups in total. The van der Waals surface area contributed by atoms with Gasteiger partial charge in [-0.05, 0) is 18.3 Å². The van der Waals surface area contributed by atoms with Gasteiger partial charge in [0.1, 0.15) is 5.75 Å². The third-order valence-corrected chi connectivity index (χ3v) is 5.89. The molecule has 0 spiro atoms. The van der Waals surface area contributed by atoms with Crippen molar-refractivity contribution in [3.05, 3.63) is 29.8 Å². The molecule has 2 saturated heterocycles. The maximum Gasteiger partial charge on any atom is 0.169 e. The second-order valence-electron chi connectivity index (χ2n) is 5.14. The van der Waals surface area contributed by atoms with E-state index in [1.54, 1.807) is 7.11 Å². The highest BCUT2D eigenvalue weighted by molar-refractivity contribution is 7.91. The lowest BCUT2D eigenvalue weighted by Crippen LogP contribution is -2.36. The van der Waals surface area contributed by atoms with Crippen LogP contribution < -0.4 is 10.1 Å². The van der Waals surface area contributed by atoms with Crippen LogP contribution in [0.2, 0.25) is 0 Å². The predicted molar refractivity (Wildman–Crippen MR) is 80.5 cm³/mol. The van der Waals surface area contributed by atoms with E-state index in [1.165, 1.54) is 0 Å². The number of nitrogens with zero attached hydrogens (tertiary/aromatic N) is 1. The summed E-state index contributed by atoms with van der Waals surface area (Å²) in [5, 5.41) is 3.74. The van der Waals surface area contributed by atoms with Crippen molar-refractivity contribution in [3.63, 3.8) is 0 Å². The van der Waals surface area contributed by atoms with E-state index in [0.29, 0.717) is 11.7 Å². The molecule has 0 unspecified atom stereocenters. The Morgan fingerprint density at radius 3 is 2.90 bits per heavy atom. The number of sulfone groups is 1. The van der Waals surface area contributed by atoms with E-state index in [-0.39, 0.29) is 23.6 Å². The molecule has 5 nitrogen and oxygen atoms in total. The molecular formula is C13H16N2O3S2. The van der Waals surface area contributed by atoms with E-state index in [2.05, 4.69) is 5.32 Å². The van der Waals surface area contributed by atoms with Crippen LogP contribution in [-0.2, 0) is 16.4 Å². The third kappa shape index (κ3) is 2.35. The van der Waals surface area contributed by atoms with E-state index >= 15 is 0 Å². The first-order valence-electron chi connectivity index (χ1n) is 6.39. The summed E-state index contributed by atoms with van der Waals surface area (Å²) in [7, 11) is -1.34. The molecule has 0 bridgehead atoms. The average Bonchev–Trinajstić information content (AvgIpc) is 2.83. The first-order chi connectivity index (χ1) is 9.50. The van der Waals surface area contributed by atoms with Crippen LogP contribution in [-0.4, -0.2) is 49.1 Å². The van der Waals surface area contributed by atoms with Gasteiger partial charge in [-0.25, -0.2) is 8.42 Å². The van der Waals surface area contributed by atoms with Crippen molar-refractivity contribution in [2.24, 2.45) is 0 Å². The highest BCUT2D eigenvalue weighted by Gasteiger charge is 2.47. The highest BCUT2D eigenvalue weighted by Crippen LogP contribution is 2.28. The molecule has 1 aromatic carbocycles. The van der Waals surface area contributed by atoms with Crippen LogP contribution in [0.3, 0.4) is 0 Å². The summed E-state index contributed by atoms with van der Waals surface area (Å²) in [5.74, 6) is 1.12. The molecule has 20 heavy (non-hydrogen) atoms. The van der Waals surface area contributed by atoms with Crippen LogP contribution >= 0.6 is 12.2 Å². The lowest BCUT2D eigenvalue weighted by molar-refractivity contribution is 0.337. The highest BCUT2D eigenvalue weighted by atomic mass is 32.2. The Kier molecular flexibility index (Phi) is 3.33. The number of hydrogen-bond acceptors (Lipinski definition) is 4. The quantitative estimate of drug-likeness (QED) is 0.823. The van der Waals surface area contributed by atoms with Gasteiger partial charge >= 0.3 is 0 Å². The Morgan fingerprint density at radius 2 is 2.15 bits per heavy atom. The second-order valence-corrected chi connectivity index (χ2v) is 7.68. The molecule has 1 aromatic rings. The zero-order valence-electron chi connectivity index (χ0n) is 11.1. The molecule has 0 radical (unpaired) electrons. The smallest absolute Gasteiger partial charge is 0.169 e. The Labute approximate surface area is 123 Å². The van der Waals surface area contributed by atoms with E-state index < -0.39 is 9.84 Å². The molecule has 0 aromatic heterocycles. The molecule has 2 atom stereocenters. The number of para-hydroxylation sites is 1. The molecule has 2 fully saturated rings. The van der Waals surface area contributed by atoms with E-state index in [0.717, 1.165) is 11.3 Å². The van der Waals surface area contributed by atoms with Gasteiger partial charge in [0.15, 0.2) is 14.9 Å². The van der Waals surface area contributed by atoms with E-state index in [4.69, 9.17) is 17.0 Å². The molecule has 7 heteroatoms. The largest absolute Gasteiger partial charge is 0.496 e. The Morgan fingerprint density at radius 1 is 1.40 bits per heavy atom. The van der Waals surface area contributed by atoms with Gasteiger partial charge in [0.05, 0.1) is 30.7 Å². The second kappa shape index (κ2) is 4.89. The fourth-order valence-corrected chi connectivity index (χ4v) is 5.14. The Balaban J connectivity index is 1.85. The van der Waals surface area contributed by atoms with Crippen LogP contribution in [0.4, 0.5) is 0 Å². The SMILES string of the molecule is COc1ccccc1CN1C(=S)N[C@@H]2CS(=O)(=O)C[C@@H]21. The van der Waals surface area contributed by atoms with E-state index in [9.17, 15) is 8.42 Å². The van der Waals surface area contributed by atoms with Gasteiger partial charge in [-0.15, -0.1) is 0 Å². The number of hydrogen-bond donors (Lipinski definition) is 1. The number of fused-ring (bicyclic) bond motifs is 1. The van der Waals surface area contributed by atoms with Crippen molar-refractivity contribution < 1.29 is 13.2 Å². The summed E-state index contributed by atoms with van der Waals surface area (Å²) in [6.45, 7) is 0.562. The minimum Gasteiger partial charge on any atom is -0.496 e. The lowest BCUT2D eigenvalue weighted by atomic mass is 10.1. The first-order valence-corrected chi connectivity index (χ1v) is 8.62. The maximum absolute atomic E-state index is 11.7. The number of benzene rings is 1. The van der Waals surface area contributed by atoms with Crippen LogP contribution in [0.5, 0.6) is 5.75 Å². The van der Waals surface area contributed by atoms with Crippen LogP contribution in [0.1, 0.15) is 5.56 Å². The number of methoxy groups -OCH3 is 1. The summed E-state index contributed by atoms with van der Waals surface area (Å²) in [6, 6.07) is 7.56. The predicted octanol–water partition coefficient (Wildman–Crippen LogP) is 0.551. The number of rotatable bonds is 3. The van der Waals surface area contributed by atoms with Gasteiger partial charge in [0.25, 0.3) is 0 Å². The molecule has 0 amide bonds. The van der Waals surface area contributed by atoms with Crippen LogP contribution in [0, 0.1) is 0 Å². The van der Waals surface area contributed by atoms with Gasteiger partial charge in [0.2, 0.25) is 0 Å². The standard InChI is InChI=1S/C13H16N2O3S2/c1-18-12-5-3-2-4-9(12)6-15-11-8-20(16,17)7-10(11)14-13(15)19/h2-5,10-11H,6-8H2,1H3,(H,14,19)/t10-,11+/m1/s1.